The van der Waals surface area contributed by atoms with Gasteiger partial charge in [0, 0.05) is 3.57 Å². The second-order valence-electron chi connectivity index (χ2n) is 3.48. The van der Waals surface area contributed by atoms with Crippen molar-refractivity contribution in [3.8, 4) is 0 Å². The largest absolute Gasteiger partial charge is 0.393 e. The number of thiocarbonyl (C=S) groups is 1. The Morgan fingerprint density at radius 1 is 1.65 bits per heavy atom. The summed E-state index contributed by atoms with van der Waals surface area (Å²) in [4.78, 5) is 12.0. The van der Waals surface area contributed by atoms with Crippen molar-refractivity contribution < 1.29 is 9.18 Å². The molecule has 1 rings (SSSR count). The molecule has 0 saturated carbocycles. The van der Waals surface area contributed by atoms with Gasteiger partial charge in [-0.15, -0.1) is 0 Å². The van der Waals surface area contributed by atoms with Crippen LogP contribution in [-0.2, 0) is 4.79 Å². The Morgan fingerprint density at radius 3 is 2.76 bits per heavy atom. The first kappa shape index (κ1) is 14.3. The molecule has 0 aromatic heterocycles. The molecular weight excluding hydrogens is 354 g/mol. The fourth-order valence-corrected chi connectivity index (χ4v) is 2.21. The van der Waals surface area contributed by atoms with Crippen molar-refractivity contribution in [1.29, 1.82) is 0 Å². The van der Waals surface area contributed by atoms with E-state index in [9.17, 15) is 9.18 Å². The van der Waals surface area contributed by atoms with E-state index in [0.717, 1.165) is 0 Å². The van der Waals surface area contributed by atoms with E-state index in [0.29, 0.717) is 15.7 Å². The van der Waals surface area contributed by atoms with Gasteiger partial charge in [-0.25, -0.2) is 4.39 Å². The molecule has 1 aromatic carbocycles. The van der Waals surface area contributed by atoms with E-state index in [1.807, 2.05) is 29.5 Å². The summed E-state index contributed by atoms with van der Waals surface area (Å²) in [5, 5.41) is 2.69. The molecule has 17 heavy (non-hydrogen) atoms. The van der Waals surface area contributed by atoms with Gasteiger partial charge in [-0.1, -0.05) is 19.1 Å². The normalized spacial score (nSPS) is 11.9. The molecule has 3 nitrogen and oxygen atoms in total. The summed E-state index contributed by atoms with van der Waals surface area (Å²) in [6.07, 6.45) is 0.541. The van der Waals surface area contributed by atoms with Crippen LogP contribution in [0.2, 0.25) is 0 Å². The van der Waals surface area contributed by atoms with Crippen LogP contribution in [0.4, 0.5) is 10.1 Å². The van der Waals surface area contributed by atoms with Crippen LogP contribution in [0.1, 0.15) is 13.3 Å². The van der Waals surface area contributed by atoms with Crippen LogP contribution in [0.5, 0.6) is 0 Å². The van der Waals surface area contributed by atoms with Gasteiger partial charge in [0.2, 0.25) is 5.91 Å². The number of nitrogens with one attached hydrogen (secondary N) is 1. The highest BCUT2D eigenvalue weighted by atomic mass is 127. The molecule has 3 N–H and O–H groups in total. The highest BCUT2D eigenvalue weighted by molar-refractivity contribution is 14.1. The zero-order chi connectivity index (χ0) is 13.0. The van der Waals surface area contributed by atoms with Gasteiger partial charge in [-0.2, -0.15) is 0 Å². The van der Waals surface area contributed by atoms with Crippen LogP contribution in [-0.4, -0.2) is 10.9 Å². The molecule has 0 bridgehead atoms. The number of carbonyl (C=O) groups is 1. The van der Waals surface area contributed by atoms with Gasteiger partial charge >= 0.3 is 0 Å². The number of halogens is 2. The topological polar surface area (TPSA) is 55.1 Å². The second kappa shape index (κ2) is 6.25. The summed E-state index contributed by atoms with van der Waals surface area (Å²) in [5.74, 6) is -1.09. The fourth-order valence-electron chi connectivity index (χ4n) is 1.33. The van der Waals surface area contributed by atoms with Crippen LogP contribution < -0.4 is 11.1 Å². The standard InChI is InChI=1S/C11H12FIN2OS/c1-2-7(10(14)17)11(16)15-9-4-3-6(12)5-8(9)13/h3-5,7H,2H2,1H3,(H2,14,17)(H,15,16). The van der Waals surface area contributed by atoms with E-state index in [1.54, 1.807) is 0 Å². The van der Waals surface area contributed by atoms with E-state index in [4.69, 9.17) is 18.0 Å². The lowest BCUT2D eigenvalue weighted by Crippen LogP contribution is -2.32. The van der Waals surface area contributed by atoms with Gasteiger partial charge in [0.05, 0.1) is 16.6 Å². The molecule has 1 aromatic rings. The van der Waals surface area contributed by atoms with Crippen molar-refractivity contribution in [1.82, 2.24) is 0 Å². The van der Waals surface area contributed by atoms with Crippen molar-refractivity contribution in [3.05, 3.63) is 27.6 Å². The maximum absolute atomic E-state index is 12.9. The molecule has 92 valence electrons. The van der Waals surface area contributed by atoms with Crippen LogP contribution in [0.25, 0.3) is 0 Å². The average Bonchev–Trinajstić information content (AvgIpc) is 2.22. The minimum Gasteiger partial charge on any atom is -0.393 e. The number of carbonyl (C=O) groups excluding carboxylic acids is 1. The van der Waals surface area contributed by atoms with Crippen molar-refractivity contribution in [2.45, 2.75) is 13.3 Å². The first-order valence-electron chi connectivity index (χ1n) is 5.01. The van der Waals surface area contributed by atoms with Gasteiger partial charge in [0.1, 0.15) is 5.82 Å². The monoisotopic (exact) mass is 366 g/mol. The first-order chi connectivity index (χ1) is 7.95. The zero-order valence-electron chi connectivity index (χ0n) is 9.17. The van der Waals surface area contributed by atoms with Gasteiger partial charge in [0.25, 0.3) is 0 Å². The molecule has 0 aliphatic heterocycles. The Hall–Kier alpha value is -0.760. The predicted octanol–water partition coefficient (Wildman–Crippen LogP) is 2.68. The number of hydrogen-bond acceptors (Lipinski definition) is 2. The lowest BCUT2D eigenvalue weighted by Gasteiger charge is -2.14. The van der Waals surface area contributed by atoms with Gasteiger partial charge in [-0.3, -0.25) is 4.79 Å². The van der Waals surface area contributed by atoms with E-state index in [1.165, 1.54) is 18.2 Å². The first-order valence-corrected chi connectivity index (χ1v) is 6.49. The van der Waals surface area contributed by atoms with Crippen molar-refractivity contribution in [2.75, 3.05) is 5.32 Å². The quantitative estimate of drug-likeness (QED) is 0.637. The molecule has 1 amide bonds. The molecule has 0 heterocycles. The minimum absolute atomic E-state index is 0.169. The molecule has 0 radical (unpaired) electrons. The van der Waals surface area contributed by atoms with Gasteiger partial charge in [-0.05, 0) is 47.2 Å². The molecule has 0 spiro atoms. The molecule has 0 aliphatic carbocycles. The highest BCUT2D eigenvalue weighted by Gasteiger charge is 2.19. The van der Waals surface area contributed by atoms with Crippen LogP contribution in [0, 0.1) is 15.3 Å². The van der Waals surface area contributed by atoms with E-state index >= 15 is 0 Å². The van der Waals surface area contributed by atoms with Gasteiger partial charge < -0.3 is 11.1 Å². The number of rotatable bonds is 4. The maximum atomic E-state index is 12.9. The Kier molecular flexibility index (Phi) is 5.26. The maximum Gasteiger partial charge on any atom is 0.234 e. The zero-order valence-corrected chi connectivity index (χ0v) is 12.1. The summed E-state index contributed by atoms with van der Waals surface area (Å²) >= 11 is 6.77. The smallest absolute Gasteiger partial charge is 0.234 e. The van der Waals surface area contributed by atoms with Crippen LogP contribution in [0.15, 0.2) is 18.2 Å². The van der Waals surface area contributed by atoms with Crippen molar-refractivity contribution in [2.24, 2.45) is 11.7 Å². The van der Waals surface area contributed by atoms with Crippen molar-refractivity contribution in [3.63, 3.8) is 0 Å². The Bertz CT molecular complexity index is 453. The summed E-state index contributed by atoms with van der Waals surface area (Å²) in [7, 11) is 0. The minimum atomic E-state index is -0.495. The highest BCUT2D eigenvalue weighted by Crippen LogP contribution is 2.20. The van der Waals surface area contributed by atoms with Crippen LogP contribution >= 0.6 is 34.8 Å². The Morgan fingerprint density at radius 2 is 2.29 bits per heavy atom. The number of nitrogens with two attached hydrogens (primary N) is 1. The summed E-state index contributed by atoms with van der Waals surface area (Å²) < 4.78 is 13.5. The van der Waals surface area contributed by atoms with E-state index in [-0.39, 0.29) is 16.7 Å². The predicted molar refractivity (Wildman–Crippen MR) is 78.3 cm³/mol. The SMILES string of the molecule is CCC(C(=O)Nc1ccc(F)cc1I)C(N)=S. The lowest BCUT2D eigenvalue weighted by atomic mass is 10.1. The Balaban J connectivity index is 2.84. The number of benzene rings is 1. The molecule has 6 heteroatoms. The third-order valence-corrected chi connectivity index (χ3v) is 3.43. The molecular formula is C11H12FIN2OS. The number of amides is 1. The van der Waals surface area contributed by atoms with E-state index < -0.39 is 5.92 Å². The average molecular weight is 366 g/mol. The summed E-state index contributed by atoms with van der Waals surface area (Å²) in [5.41, 5.74) is 6.03. The number of hydrogen-bond donors (Lipinski definition) is 2. The molecule has 0 fully saturated rings. The Labute approximate surface area is 118 Å². The third-order valence-electron chi connectivity index (χ3n) is 2.26. The van der Waals surface area contributed by atoms with Crippen molar-refractivity contribution >= 4 is 51.4 Å². The van der Waals surface area contributed by atoms with Gasteiger partial charge in [0.15, 0.2) is 0 Å². The van der Waals surface area contributed by atoms with Crippen LogP contribution in [0.3, 0.4) is 0 Å². The molecule has 0 aliphatic rings. The lowest BCUT2D eigenvalue weighted by molar-refractivity contribution is -0.118. The summed E-state index contributed by atoms with van der Waals surface area (Å²) in [6, 6.07) is 4.15. The number of anilines is 1. The molecule has 0 saturated heterocycles. The molecule has 1 atom stereocenters. The molecule has 1 unspecified atom stereocenters. The summed E-state index contributed by atoms with van der Waals surface area (Å²) in [6.45, 7) is 1.83. The third kappa shape index (κ3) is 3.88. The second-order valence-corrected chi connectivity index (χ2v) is 5.11. The fraction of sp³-hybridized carbons (Fsp3) is 0.273. The van der Waals surface area contributed by atoms with E-state index in [2.05, 4.69) is 5.32 Å².